The first kappa shape index (κ1) is 13.8. The van der Waals surface area contributed by atoms with E-state index >= 15 is 0 Å². The van der Waals surface area contributed by atoms with Crippen molar-refractivity contribution < 1.29 is 9.53 Å². The molecule has 1 amide bonds. The molecule has 0 aliphatic carbocycles. The molecule has 0 radical (unpaired) electrons. The molecule has 2 aliphatic heterocycles. The number of rotatable bonds is 3. The lowest BCUT2D eigenvalue weighted by atomic mass is 9.75. The smallest absolute Gasteiger partial charge is 0.230 e. The minimum absolute atomic E-state index is 0.142. The fraction of sp³-hybridized carbons (Fsp3) is 0.929. The first-order valence-corrected chi connectivity index (χ1v) is 7.36. The van der Waals surface area contributed by atoms with E-state index in [-0.39, 0.29) is 5.41 Å². The first-order chi connectivity index (χ1) is 8.78. The third kappa shape index (κ3) is 3.04. The van der Waals surface area contributed by atoms with E-state index in [9.17, 15) is 4.79 Å². The second-order valence-corrected chi connectivity index (χ2v) is 5.57. The highest BCUT2D eigenvalue weighted by Gasteiger charge is 2.41. The van der Waals surface area contributed by atoms with Crippen LogP contribution in [0.1, 0.15) is 39.0 Å². The Kier molecular flexibility index (Phi) is 5.01. The monoisotopic (exact) mass is 254 g/mol. The van der Waals surface area contributed by atoms with E-state index in [1.165, 1.54) is 0 Å². The Morgan fingerprint density at radius 1 is 1.33 bits per heavy atom. The van der Waals surface area contributed by atoms with Crippen LogP contribution in [0.5, 0.6) is 0 Å². The zero-order valence-electron chi connectivity index (χ0n) is 11.5. The number of hydrogen-bond acceptors (Lipinski definition) is 3. The minimum Gasteiger partial charge on any atom is -0.380 e. The van der Waals surface area contributed by atoms with Gasteiger partial charge in [-0.05, 0) is 32.2 Å². The van der Waals surface area contributed by atoms with Crippen LogP contribution in [0.3, 0.4) is 0 Å². The molecule has 4 heteroatoms. The van der Waals surface area contributed by atoms with Crippen LogP contribution in [0, 0.1) is 5.41 Å². The Morgan fingerprint density at radius 3 is 2.94 bits per heavy atom. The number of piperidine rings is 1. The molecule has 1 unspecified atom stereocenters. The summed E-state index contributed by atoms with van der Waals surface area (Å²) in [5.41, 5.74) is -0.142. The standard InChI is InChI=1S/C14H26N2O2/c1-2-5-14(6-3-7-15-12-14)13(17)16-8-4-10-18-11-9-16/h15H,2-12H2,1H3. The van der Waals surface area contributed by atoms with E-state index in [1.54, 1.807) is 0 Å². The zero-order valence-corrected chi connectivity index (χ0v) is 11.5. The number of nitrogens with zero attached hydrogens (tertiary/aromatic N) is 1. The molecule has 0 aromatic heterocycles. The van der Waals surface area contributed by atoms with Crippen molar-refractivity contribution in [3.05, 3.63) is 0 Å². The molecular weight excluding hydrogens is 228 g/mol. The molecule has 2 heterocycles. The van der Waals surface area contributed by atoms with E-state index in [0.717, 1.165) is 64.9 Å². The third-order valence-electron chi connectivity index (χ3n) is 4.16. The fourth-order valence-corrected chi connectivity index (χ4v) is 3.23. The molecular formula is C14H26N2O2. The van der Waals surface area contributed by atoms with Crippen molar-refractivity contribution in [1.29, 1.82) is 0 Å². The topological polar surface area (TPSA) is 41.6 Å². The maximum absolute atomic E-state index is 12.8. The SMILES string of the molecule is CCCC1(C(=O)N2CCCOCC2)CCCNC1. The summed E-state index contributed by atoms with van der Waals surface area (Å²) in [5, 5.41) is 3.42. The number of nitrogens with one attached hydrogen (secondary N) is 1. The molecule has 104 valence electrons. The first-order valence-electron chi connectivity index (χ1n) is 7.36. The maximum atomic E-state index is 12.8. The highest BCUT2D eigenvalue weighted by Crippen LogP contribution is 2.34. The van der Waals surface area contributed by atoms with E-state index in [4.69, 9.17) is 4.74 Å². The summed E-state index contributed by atoms with van der Waals surface area (Å²) in [7, 11) is 0. The van der Waals surface area contributed by atoms with Gasteiger partial charge in [-0.2, -0.15) is 0 Å². The predicted octanol–water partition coefficient (Wildman–Crippen LogP) is 1.41. The summed E-state index contributed by atoms with van der Waals surface area (Å²) < 4.78 is 5.45. The number of hydrogen-bond donors (Lipinski definition) is 1. The lowest BCUT2D eigenvalue weighted by molar-refractivity contribution is -0.144. The van der Waals surface area contributed by atoms with Crippen LogP contribution in [0.2, 0.25) is 0 Å². The van der Waals surface area contributed by atoms with Gasteiger partial charge in [0.2, 0.25) is 5.91 Å². The van der Waals surface area contributed by atoms with Crippen molar-refractivity contribution in [3.63, 3.8) is 0 Å². The van der Waals surface area contributed by atoms with E-state index in [0.29, 0.717) is 12.5 Å². The average molecular weight is 254 g/mol. The summed E-state index contributed by atoms with van der Waals surface area (Å²) in [6, 6.07) is 0. The van der Waals surface area contributed by atoms with Crippen molar-refractivity contribution in [2.75, 3.05) is 39.4 Å². The zero-order chi connectivity index (χ0) is 12.8. The van der Waals surface area contributed by atoms with Gasteiger partial charge >= 0.3 is 0 Å². The second-order valence-electron chi connectivity index (χ2n) is 5.57. The van der Waals surface area contributed by atoms with E-state index < -0.39 is 0 Å². The Bertz CT molecular complexity index is 261. The molecule has 2 fully saturated rings. The van der Waals surface area contributed by atoms with Gasteiger partial charge in [-0.1, -0.05) is 13.3 Å². The number of carbonyl (C=O) groups excluding carboxylic acids is 1. The average Bonchev–Trinajstić information content (AvgIpc) is 2.68. The van der Waals surface area contributed by atoms with Crippen molar-refractivity contribution in [2.24, 2.45) is 5.41 Å². The van der Waals surface area contributed by atoms with E-state index in [2.05, 4.69) is 12.2 Å². The molecule has 0 aromatic carbocycles. The van der Waals surface area contributed by atoms with Crippen molar-refractivity contribution >= 4 is 5.91 Å². The van der Waals surface area contributed by atoms with Crippen LogP contribution < -0.4 is 5.32 Å². The van der Waals surface area contributed by atoms with Gasteiger partial charge in [0.1, 0.15) is 0 Å². The van der Waals surface area contributed by atoms with Gasteiger partial charge in [-0.25, -0.2) is 0 Å². The largest absolute Gasteiger partial charge is 0.380 e. The van der Waals surface area contributed by atoms with Crippen LogP contribution in [-0.4, -0.2) is 50.2 Å². The van der Waals surface area contributed by atoms with Gasteiger partial charge < -0.3 is 15.0 Å². The molecule has 2 rings (SSSR count). The summed E-state index contributed by atoms with van der Waals surface area (Å²) in [4.78, 5) is 14.9. The van der Waals surface area contributed by atoms with Crippen LogP contribution in [0.15, 0.2) is 0 Å². The lowest BCUT2D eigenvalue weighted by Gasteiger charge is -2.39. The van der Waals surface area contributed by atoms with Gasteiger partial charge in [0.25, 0.3) is 0 Å². The Balaban J connectivity index is 2.06. The molecule has 1 atom stereocenters. The number of amides is 1. The van der Waals surface area contributed by atoms with Crippen LogP contribution in [0.25, 0.3) is 0 Å². The number of carbonyl (C=O) groups is 1. The highest BCUT2D eigenvalue weighted by atomic mass is 16.5. The van der Waals surface area contributed by atoms with Crippen LogP contribution in [0.4, 0.5) is 0 Å². The van der Waals surface area contributed by atoms with Crippen LogP contribution in [-0.2, 0) is 9.53 Å². The minimum atomic E-state index is -0.142. The van der Waals surface area contributed by atoms with Gasteiger partial charge in [0.05, 0.1) is 12.0 Å². The second kappa shape index (κ2) is 6.53. The molecule has 2 aliphatic rings. The van der Waals surface area contributed by atoms with Gasteiger partial charge in [-0.3, -0.25) is 4.79 Å². The lowest BCUT2D eigenvalue weighted by Crippen LogP contribution is -2.52. The summed E-state index contributed by atoms with van der Waals surface area (Å²) in [6.45, 7) is 7.22. The predicted molar refractivity (Wildman–Crippen MR) is 71.5 cm³/mol. The maximum Gasteiger partial charge on any atom is 0.230 e. The Labute approximate surface area is 110 Å². The number of ether oxygens (including phenoxy) is 1. The fourth-order valence-electron chi connectivity index (χ4n) is 3.23. The molecule has 18 heavy (non-hydrogen) atoms. The van der Waals surface area contributed by atoms with E-state index in [1.807, 2.05) is 4.90 Å². The molecule has 0 bridgehead atoms. The Morgan fingerprint density at radius 2 is 2.22 bits per heavy atom. The molecule has 4 nitrogen and oxygen atoms in total. The molecule has 1 N–H and O–H groups in total. The Hall–Kier alpha value is -0.610. The normalized spacial score (nSPS) is 29.9. The van der Waals surface area contributed by atoms with Gasteiger partial charge in [0.15, 0.2) is 0 Å². The van der Waals surface area contributed by atoms with Crippen molar-refractivity contribution in [1.82, 2.24) is 10.2 Å². The molecule has 0 spiro atoms. The third-order valence-corrected chi connectivity index (χ3v) is 4.16. The van der Waals surface area contributed by atoms with Crippen molar-refractivity contribution in [3.8, 4) is 0 Å². The van der Waals surface area contributed by atoms with Gasteiger partial charge in [-0.15, -0.1) is 0 Å². The highest BCUT2D eigenvalue weighted by molar-refractivity contribution is 5.83. The van der Waals surface area contributed by atoms with Crippen molar-refractivity contribution in [2.45, 2.75) is 39.0 Å². The molecule has 2 saturated heterocycles. The summed E-state index contributed by atoms with van der Waals surface area (Å²) in [6.07, 6.45) is 5.23. The van der Waals surface area contributed by atoms with Crippen LogP contribution >= 0.6 is 0 Å². The van der Waals surface area contributed by atoms with Gasteiger partial charge in [0, 0.05) is 26.2 Å². The molecule has 0 aromatic rings. The molecule has 0 saturated carbocycles. The summed E-state index contributed by atoms with van der Waals surface area (Å²) >= 11 is 0. The quantitative estimate of drug-likeness (QED) is 0.828. The summed E-state index contributed by atoms with van der Waals surface area (Å²) in [5.74, 6) is 0.363.